The summed E-state index contributed by atoms with van der Waals surface area (Å²) in [5.41, 5.74) is 1.90. The maximum absolute atomic E-state index is 8.72. The molecule has 92 valence electrons. The van der Waals surface area contributed by atoms with Crippen LogP contribution < -0.4 is 5.32 Å². The fourth-order valence-corrected chi connectivity index (χ4v) is 1.74. The number of hydrogen-bond acceptors (Lipinski definition) is 3. The second-order valence-electron chi connectivity index (χ2n) is 3.52. The fraction of sp³-hybridized carbons (Fsp3) is 0.250. The second kappa shape index (κ2) is 6.64. The molecule has 0 fully saturated rings. The van der Waals surface area contributed by atoms with E-state index in [2.05, 4.69) is 10.3 Å². The van der Waals surface area contributed by atoms with Gasteiger partial charge in [-0.1, -0.05) is 11.6 Å². The number of nitrogens with zero attached hydrogens (tertiary/aromatic N) is 1. The number of rotatable bonds is 4. The van der Waals surface area contributed by atoms with E-state index in [1.54, 1.807) is 6.20 Å². The van der Waals surface area contributed by atoms with Gasteiger partial charge in [0.2, 0.25) is 0 Å². The highest BCUT2D eigenvalue weighted by atomic mass is 35.5. The minimum atomic E-state index is 0. The number of hydrogen-bond donors (Lipinski definition) is 2. The number of anilines is 1. The van der Waals surface area contributed by atoms with E-state index in [1.165, 1.54) is 0 Å². The van der Waals surface area contributed by atoms with E-state index in [-0.39, 0.29) is 19.0 Å². The van der Waals surface area contributed by atoms with Gasteiger partial charge in [0.1, 0.15) is 0 Å². The smallest absolute Gasteiger partial charge is 0.0737 e. The highest BCUT2D eigenvalue weighted by molar-refractivity contribution is 6.31. The van der Waals surface area contributed by atoms with Gasteiger partial charge in [0.05, 0.1) is 5.52 Å². The quantitative estimate of drug-likeness (QED) is 0.841. The SMILES string of the molecule is Cl.OCCCNc1ccnc2cc(Cl)ccc12. The van der Waals surface area contributed by atoms with Crippen LogP contribution in [0.3, 0.4) is 0 Å². The summed E-state index contributed by atoms with van der Waals surface area (Å²) in [6.45, 7) is 0.945. The predicted octanol–water partition coefficient (Wildman–Crippen LogP) is 3.10. The monoisotopic (exact) mass is 272 g/mol. The Hall–Kier alpha value is -1.03. The van der Waals surface area contributed by atoms with Crippen molar-refractivity contribution in [2.75, 3.05) is 18.5 Å². The lowest BCUT2D eigenvalue weighted by molar-refractivity contribution is 0.292. The molecule has 0 radical (unpaired) electrons. The van der Waals surface area contributed by atoms with Crippen molar-refractivity contribution in [1.29, 1.82) is 0 Å². The lowest BCUT2D eigenvalue weighted by Crippen LogP contribution is -2.03. The van der Waals surface area contributed by atoms with E-state index in [1.807, 2.05) is 24.3 Å². The van der Waals surface area contributed by atoms with Crippen molar-refractivity contribution in [2.24, 2.45) is 0 Å². The first-order valence-electron chi connectivity index (χ1n) is 5.20. The molecule has 5 heteroatoms. The van der Waals surface area contributed by atoms with Crippen LogP contribution in [-0.4, -0.2) is 23.2 Å². The largest absolute Gasteiger partial charge is 0.396 e. The van der Waals surface area contributed by atoms with Crippen LogP contribution in [0, 0.1) is 0 Å². The summed E-state index contributed by atoms with van der Waals surface area (Å²) in [5, 5.41) is 13.7. The number of aliphatic hydroxyl groups is 1. The van der Waals surface area contributed by atoms with Crippen LogP contribution >= 0.6 is 24.0 Å². The molecule has 0 bridgehead atoms. The Morgan fingerprint density at radius 3 is 2.88 bits per heavy atom. The van der Waals surface area contributed by atoms with Crippen molar-refractivity contribution in [3.63, 3.8) is 0 Å². The maximum atomic E-state index is 8.72. The number of benzene rings is 1. The molecule has 0 aliphatic heterocycles. The Labute approximate surface area is 111 Å². The highest BCUT2D eigenvalue weighted by Crippen LogP contribution is 2.24. The van der Waals surface area contributed by atoms with Gasteiger partial charge in [-0.15, -0.1) is 12.4 Å². The van der Waals surface area contributed by atoms with Gasteiger partial charge in [-0.3, -0.25) is 4.98 Å². The van der Waals surface area contributed by atoms with Crippen molar-refractivity contribution in [3.8, 4) is 0 Å². The molecule has 3 nitrogen and oxygen atoms in total. The molecule has 0 atom stereocenters. The number of halogens is 2. The van der Waals surface area contributed by atoms with Crippen molar-refractivity contribution < 1.29 is 5.11 Å². The molecular formula is C12H14Cl2N2O. The summed E-state index contributed by atoms with van der Waals surface area (Å²) in [7, 11) is 0. The number of pyridine rings is 1. The summed E-state index contributed by atoms with van der Waals surface area (Å²) in [6, 6.07) is 7.57. The van der Waals surface area contributed by atoms with Gasteiger partial charge in [-0.2, -0.15) is 0 Å². The molecule has 0 amide bonds. The molecule has 2 rings (SSSR count). The third kappa shape index (κ3) is 3.46. The van der Waals surface area contributed by atoms with Gasteiger partial charge in [0.25, 0.3) is 0 Å². The third-order valence-corrected chi connectivity index (χ3v) is 2.59. The molecule has 0 aliphatic rings. The van der Waals surface area contributed by atoms with Gasteiger partial charge in [-0.25, -0.2) is 0 Å². The first kappa shape index (κ1) is 14.0. The number of aliphatic hydroxyl groups excluding tert-OH is 1. The van der Waals surface area contributed by atoms with Gasteiger partial charge in [0.15, 0.2) is 0 Å². The third-order valence-electron chi connectivity index (χ3n) is 2.36. The Morgan fingerprint density at radius 2 is 2.12 bits per heavy atom. The molecule has 1 aromatic heterocycles. The molecule has 2 N–H and O–H groups in total. The molecule has 0 spiro atoms. The van der Waals surface area contributed by atoms with Crippen LogP contribution in [-0.2, 0) is 0 Å². The molecule has 1 aromatic carbocycles. The molecular weight excluding hydrogens is 259 g/mol. The van der Waals surface area contributed by atoms with Gasteiger partial charge >= 0.3 is 0 Å². The lowest BCUT2D eigenvalue weighted by Gasteiger charge is -2.08. The molecule has 17 heavy (non-hydrogen) atoms. The Morgan fingerprint density at radius 1 is 1.29 bits per heavy atom. The summed E-state index contributed by atoms with van der Waals surface area (Å²) >= 11 is 5.90. The van der Waals surface area contributed by atoms with Crippen molar-refractivity contribution in [1.82, 2.24) is 4.98 Å². The van der Waals surface area contributed by atoms with Crippen LogP contribution in [0.5, 0.6) is 0 Å². The lowest BCUT2D eigenvalue weighted by atomic mass is 10.2. The van der Waals surface area contributed by atoms with Crippen molar-refractivity contribution in [2.45, 2.75) is 6.42 Å². The van der Waals surface area contributed by atoms with Crippen molar-refractivity contribution in [3.05, 3.63) is 35.5 Å². The number of nitrogens with one attached hydrogen (secondary N) is 1. The zero-order valence-corrected chi connectivity index (χ0v) is 10.8. The van der Waals surface area contributed by atoms with Crippen LogP contribution in [0.1, 0.15) is 6.42 Å². The number of fused-ring (bicyclic) bond motifs is 1. The zero-order valence-electron chi connectivity index (χ0n) is 9.19. The van der Waals surface area contributed by atoms with Crippen LogP contribution in [0.2, 0.25) is 5.02 Å². The van der Waals surface area contributed by atoms with Crippen LogP contribution in [0.4, 0.5) is 5.69 Å². The van der Waals surface area contributed by atoms with Crippen molar-refractivity contribution >= 4 is 40.6 Å². The first-order valence-corrected chi connectivity index (χ1v) is 5.58. The summed E-state index contributed by atoms with van der Waals surface area (Å²) < 4.78 is 0. The van der Waals surface area contributed by atoms with Gasteiger partial charge < -0.3 is 10.4 Å². The van der Waals surface area contributed by atoms with E-state index >= 15 is 0 Å². The van der Waals surface area contributed by atoms with Crippen LogP contribution in [0.15, 0.2) is 30.5 Å². The topological polar surface area (TPSA) is 45.1 Å². The Bertz CT molecular complexity index is 491. The van der Waals surface area contributed by atoms with Crippen LogP contribution in [0.25, 0.3) is 10.9 Å². The van der Waals surface area contributed by atoms with Gasteiger partial charge in [0, 0.05) is 35.4 Å². The minimum absolute atomic E-state index is 0. The zero-order chi connectivity index (χ0) is 11.4. The molecule has 1 heterocycles. The Balaban J connectivity index is 0.00000144. The summed E-state index contributed by atoms with van der Waals surface area (Å²) in [5.74, 6) is 0. The van der Waals surface area contributed by atoms with E-state index < -0.39 is 0 Å². The molecule has 0 aliphatic carbocycles. The number of aromatic nitrogens is 1. The van der Waals surface area contributed by atoms with E-state index in [0.717, 1.165) is 29.6 Å². The standard InChI is InChI=1S/C12H13ClN2O.ClH/c13-9-2-3-10-11(14-5-1-7-16)4-6-15-12(10)8-9;/h2-4,6,8,16H,1,5,7H2,(H,14,15);1H. The van der Waals surface area contributed by atoms with E-state index in [4.69, 9.17) is 16.7 Å². The summed E-state index contributed by atoms with van der Waals surface area (Å²) in [4.78, 5) is 4.26. The second-order valence-corrected chi connectivity index (χ2v) is 3.96. The highest BCUT2D eigenvalue weighted by Gasteiger charge is 2.01. The average molecular weight is 273 g/mol. The Kier molecular flexibility index (Phi) is 5.48. The summed E-state index contributed by atoms with van der Waals surface area (Å²) in [6.07, 6.45) is 2.48. The van der Waals surface area contributed by atoms with Gasteiger partial charge in [-0.05, 0) is 30.7 Å². The molecule has 0 unspecified atom stereocenters. The molecule has 0 saturated heterocycles. The molecule has 2 aromatic rings. The molecule has 0 saturated carbocycles. The minimum Gasteiger partial charge on any atom is -0.396 e. The average Bonchev–Trinajstić information content (AvgIpc) is 2.29. The first-order chi connectivity index (χ1) is 7.81. The van der Waals surface area contributed by atoms with E-state index in [0.29, 0.717) is 5.02 Å². The fourth-order valence-electron chi connectivity index (χ4n) is 1.58. The maximum Gasteiger partial charge on any atom is 0.0737 e. The normalized spacial score (nSPS) is 10.0. The van der Waals surface area contributed by atoms with E-state index in [9.17, 15) is 0 Å². The predicted molar refractivity (Wildman–Crippen MR) is 74.2 cm³/mol.